The van der Waals surface area contributed by atoms with Crippen LogP contribution >= 0.6 is 0 Å². The van der Waals surface area contributed by atoms with Gasteiger partial charge in [-0.25, -0.2) is 0 Å². The van der Waals surface area contributed by atoms with Crippen molar-refractivity contribution in [3.8, 4) is 0 Å². The molecule has 2 atom stereocenters. The molecule has 1 aliphatic rings. The lowest BCUT2D eigenvalue weighted by Crippen LogP contribution is -2.46. The first kappa shape index (κ1) is 12.5. The van der Waals surface area contributed by atoms with Crippen LogP contribution in [0.4, 0.5) is 0 Å². The lowest BCUT2D eigenvalue weighted by Gasteiger charge is -2.31. The summed E-state index contributed by atoms with van der Waals surface area (Å²) in [5, 5.41) is 9.80. The van der Waals surface area contributed by atoms with Crippen molar-refractivity contribution in [1.29, 1.82) is 0 Å². The number of aliphatic hydroxyl groups is 1. The third-order valence-corrected chi connectivity index (χ3v) is 3.49. The molecular weight excluding hydrogens is 192 g/mol. The van der Waals surface area contributed by atoms with Crippen molar-refractivity contribution in [2.24, 2.45) is 11.1 Å². The molecule has 0 spiro atoms. The fourth-order valence-corrected chi connectivity index (χ4v) is 1.88. The van der Waals surface area contributed by atoms with E-state index < -0.39 is 11.0 Å². The summed E-state index contributed by atoms with van der Waals surface area (Å²) >= 11 is 0. The number of hydrogen-bond donors (Lipinski definition) is 2. The molecule has 2 unspecified atom stereocenters. The van der Waals surface area contributed by atoms with Gasteiger partial charge in [0.2, 0.25) is 5.91 Å². The first-order valence-corrected chi connectivity index (χ1v) is 5.56. The number of nitrogens with two attached hydrogens (primary N) is 1. The summed E-state index contributed by atoms with van der Waals surface area (Å²) in [7, 11) is 0. The van der Waals surface area contributed by atoms with E-state index in [1.165, 1.54) is 0 Å². The Kier molecular flexibility index (Phi) is 3.41. The molecular formula is C11H22N2O2. The van der Waals surface area contributed by atoms with Crippen LogP contribution in [0.15, 0.2) is 0 Å². The van der Waals surface area contributed by atoms with Crippen molar-refractivity contribution in [2.45, 2.75) is 39.2 Å². The average molecular weight is 214 g/mol. The topological polar surface area (TPSA) is 66.6 Å². The van der Waals surface area contributed by atoms with Crippen LogP contribution in [0, 0.1) is 5.41 Å². The normalized spacial score (nSPS) is 30.3. The summed E-state index contributed by atoms with van der Waals surface area (Å²) in [6.07, 6.45) is 1.39. The van der Waals surface area contributed by atoms with Crippen LogP contribution in [-0.2, 0) is 4.79 Å². The van der Waals surface area contributed by atoms with Crippen LogP contribution in [0.5, 0.6) is 0 Å². The molecule has 1 heterocycles. The monoisotopic (exact) mass is 214 g/mol. The molecule has 0 radical (unpaired) electrons. The Bertz CT molecular complexity index is 247. The van der Waals surface area contributed by atoms with Crippen molar-refractivity contribution in [3.63, 3.8) is 0 Å². The zero-order chi connectivity index (χ0) is 11.7. The first-order valence-electron chi connectivity index (χ1n) is 5.56. The van der Waals surface area contributed by atoms with Crippen molar-refractivity contribution in [2.75, 3.05) is 19.6 Å². The van der Waals surface area contributed by atoms with Gasteiger partial charge in [-0.1, -0.05) is 6.92 Å². The van der Waals surface area contributed by atoms with Crippen LogP contribution in [0.2, 0.25) is 0 Å². The van der Waals surface area contributed by atoms with Crippen LogP contribution in [0.25, 0.3) is 0 Å². The molecule has 1 saturated heterocycles. The van der Waals surface area contributed by atoms with Gasteiger partial charge in [0.05, 0.1) is 11.0 Å². The molecule has 0 aromatic heterocycles. The van der Waals surface area contributed by atoms with Crippen LogP contribution in [-0.4, -0.2) is 41.1 Å². The molecule has 4 nitrogen and oxygen atoms in total. The van der Waals surface area contributed by atoms with Gasteiger partial charge >= 0.3 is 0 Å². The molecule has 4 heteroatoms. The molecule has 0 aromatic carbocycles. The zero-order valence-electron chi connectivity index (χ0n) is 9.92. The molecule has 1 fully saturated rings. The summed E-state index contributed by atoms with van der Waals surface area (Å²) in [6.45, 7) is 7.07. The summed E-state index contributed by atoms with van der Waals surface area (Å²) in [6, 6.07) is 0. The molecule has 88 valence electrons. The van der Waals surface area contributed by atoms with E-state index >= 15 is 0 Å². The quantitative estimate of drug-likeness (QED) is 0.712. The number of β-amino-alcohol motifs (C(OH)–C–C–N with tert-alkyl or cyclic N) is 1. The van der Waals surface area contributed by atoms with Crippen LogP contribution < -0.4 is 5.73 Å². The van der Waals surface area contributed by atoms with E-state index in [-0.39, 0.29) is 5.91 Å². The Morgan fingerprint density at radius 3 is 2.60 bits per heavy atom. The number of amides is 1. The van der Waals surface area contributed by atoms with Gasteiger partial charge in [0.25, 0.3) is 0 Å². The predicted molar refractivity (Wildman–Crippen MR) is 59.3 cm³/mol. The maximum atomic E-state index is 12.2. The van der Waals surface area contributed by atoms with Crippen molar-refractivity contribution in [1.82, 2.24) is 4.90 Å². The Balaban J connectivity index is 2.70. The third-order valence-electron chi connectivity index (χ3n) is 3.49. The van der Waals surface area contributed by atoms with E-state index in [9.17, 15) is 9.90 Å². The van der Waals surface area contributed by atoms with Gasteiger partial charge in [0.15, 0.2) is 0 Å². The van der Waals surface area contributed by atoms with E-state index in [0.717, 1.165) is 6.42 Å². The maximum Gasteiger partial charge on any atom is 0.229 e. The molecule has 0 aromatic rings. The summed E-state index contributed by atoms with van der Waals surface area (Å²) in [4.78, 5) is 13.9. The maximum absolute atomic E-state index is 12.2. The second-order valence-corrected chi connectivity index (χ2v) is 5.09. The number of nitrogens with zero attached hydrogens (tertiary/aromatic N) is 1. The van der Waals surface area contributed by atoms with Crippen molar-refractivity contribution in [3.05, 3.63) is 0 Å². The van der Waals surface area contributed by atoms with E-state index in [2.05, 4.69) is 0 Å². The minimum Gasteiger partial charge on any atom is -0.388 e. The van der Waals surface area contributed by atoms with Crippen LogP contribution in [0.3, 0.4) is 0 Å². The fraction of sp³-hybridized carbons (Fsp3) is 0.909. The molecule has 15 heavy (non-hydrogen) atoms. The highest BCUT2D eigenvalue weighted by atomic mass is 16.3. The summed E-state index contributed by atoms with van der Waals surface area (Å²) < 4.78 is 0. The predicted octanol–water partition coefficient (Wildman–Crippen LogP) is 0.345. The number of likely N-dealkylation sites (tertiary alicyclic amines) is 1. The number of carbonyl (C=O) groups is 1. The van der Waals surface area contributed by atoms with Gasteiger partial charge < -0.3 is 15.7 Å². The standard InChI is InChI=1S/C11H22N2O2/c1-4-10(2,7-12)9(14)13-6-5-11(3,15)8-13/h15H,4-8,12H2,1-3H3. The molecule has 1 rings (SSSR count). The van der Waals surface area contributed by atoms with Crippen LogP contribution in [0.1, 0.15) is 33.6 Å². The molecule has 1 amide bonds. The Morgan fingerprint density at radius 2 is 2.27 bits per heavy atom. The summed E-state index contributed by atoms with van der Waals surface area (Å²) in [5.74, 6) is 0.0743. The Labute approximate surface area is 91.4 Å². The molecule has 3 N–H and O–H groups in total. The first-order chi connectivity index (χ1) is 6.84. The third kappa shape index (κ3) is 2.49. The Morgan fingerprint density at radius 1 is 1.67 bits per heavy atom. The lowest BCUT2D eigenvalue weighted by atomic mass is 9.86. The minimum absolute atomic E-state index is 0.0743. The SMILES string of the molecule is CCC(C)(CN)C(=O)N1CCC(C)(O)C1. The van der Waals surface area contributed by atoms with Crippen molar-refractivity contribution >= 4 is 5.91 Å². The highest BCUT2D eigenvalue weighted by molar-refractivity contribution is 5.83. The fourth-order valence-electron chi connectivity index (χ4n) is 1.88. The van der Waals surface area contributed by atoms with Gasteiger partial charge in [-0.3, -0.25) is 4.79 Å². The highest BCUT2D eigenvalue weighted by Gasteiger charge is 2.40. The van der Waals surface area contributed by atoms with E-state index in [1.807, 2.05) is 13.8 Å². The minimum atomic E-state index is -0.723. The smallest absolute Gasteiger partial charge is 0.229 e. The number of rotatable bonds is 3. The summed E-state index contributed by atoms with van der Waals surface area (Å²) in [5.41, 5.74) is 4.45. The number of carbonyl (C=O) groups excluding carboxylic acids is 1. The van der Waals surface area contributed by atoms with Gasteiger partial charge in [-0.05, 0) is 26.7 Å². The van der Waals surface area contributed by atoms with Gasteiger partial charge in [-0.2, -0.15) is 0 Å². The largest absolute Gasteiger partial charge is 0.388 e. The second kappa shape index (κ2) is 4.10. The lowest BCUT2D eigenvalue weighted by molar-refractivity contribution is -0.140. The van der Waals surface area contributed by atoms with Gasteiger partial charge in [0, 0.05) is 19.6 Å². The van der Waals surface area contributed by atoms with Gasteiger partial charge in [-0.15, -0.1) is 0 Å². The van der Waals surface area contributed by atoms with E-state index in [4.69, 9.17) is 5.73 Å². The second-order valence-electron chi connectivity index (χ2n) is 5.09. The molecule has 0 bridgehead atoms. The zero-order valence-corrected chi connectivity index (χ0v) is 9.92. The van der Waals surface area contributed by atoms with E-state index in [0.29, 0.717) is 26.1 Å². The average Bonchev–Trinajstić information content (AvgIpc) is 2.56. The number of hydrogen-bond acceptors (Lipinski definition) is 3. The van der Waals surface area contributed by atoms with Gasteiger partial charge in [0.1, 0.15) is 0 Å². The molecule has 1 aliphatic heterocycles. The Hall–Kier alpha value is -0.610. The highest BCUT2D eigenvalue weighted by Crippen LogP contribution is 2.28. The molecule has 0 saturated carbocycles. The van der Waals surface area contributed by atoms with E-state index in [1.54, 1.807) is 11.8 Å². The molecule has 0 aliphatic carbocycles. The van der Waals surface area contributed by atoms with Crippen molar-refractivity contribution < 1.29 is 9.90 Å².